The maximum atomic E-state index is 12.7. The zero-order valence-electron chi connectivity index (χ0n) is 14.8. The fraction of sp³-hybridized carbons (Fsp3) is 0.500. The minimum Gasteiger partial charge on any atom is -0.396 e. The SMILES string of the molecule is CCN(Cc1nccn1C)C(=O)c1ccc(N2CCC(CO)C2)nc1. The lowest BCUT2D eigenvalue weighted by molar-refractivity contribution is 0.0747. The fourth-order valence-electron chi connectivity index (χ4n) is 3.12. The zero-order chi connectivity index (χ0) is 17.8. The van der Waals surface area contributed by atoms with Crippen LogP contribution in [0.15, 0.2) is 30.7 Å². The standard InChI is InChI=1S/C18H25N5O2/c1-3-22(12-17-19-7-9-21(17)2)18(25)15-4-5-16(20-10-15)23-8-6-14(11-23)13-24/h4-5,7,9-10,14,24H,3,6,8,11-13H2,1-2H3. The smallest absolute Gasteiger partial charge is 0.255 e. The van der Waals surface area contributed by atoms with Gasteiger partial charge in [-0.25, -0.2) is 9.97 Å². The van der Waals surface area contributed by atoms with Crippen molar-refractivity contribution < 1.29 is 9.90 Å². The van der Waals surface area contributed by atoms with E-state index in [0.717, 1.165) is 31.2 Å². The van der Waals surface area contributed by atoms with Crippen LogP contribution in [0.5, 0.6) is 0 Å². The van der Waals surface area contributed by atoms with E-state index in [4.69, 9.17) is 0 Å². The van der Waals surface area contributed by atoms with Gasteiger partial charge in [-0.3, -0.25) is 4.79 Å². The van der Waals surface area contributed by atoms with Gasteiger partial charge in [0.2, 0.25) is 0 Å². The summed E-state index contributed by atoms with van der Waals surface area (Å²) in [6.45, 7) is 4.97. The second kappa shape index (κ2) is 7.65. The second-order valence-corrected chi connectivity index (χ2v) is 6.46. The quantitative estimate of drug-likeness (QED) is 0.856. The highest BCUT2D eigenvalue weighted by Crippen LogP contribution is 2.22. The first-order chi connectivity index (χ1) is 12.1. The number of carbonyl (C=O) groups is 1. The number of pyridine rings is 1. The van der Waals surface area contributed by atoms with Crippen molar-refractivity contribution in [2.24, 2.45) is 13.0 Å². The molecule has 0 aliphatic carbocycles. The van der Waals surface area contributed by atoms with Gasteiger partial charge in [0, 0.05) is 57.8 Å². The summed E-state index contributed by atoms with van der Waals surface area (Å²) in [5, 5.41) is 9.26. The highest BCUT2D eigenvalue weighted by Gasteiger charge is 2.23. The molecule has 1 fully saturated rings. The Morgan fingerprint density at radius 2 is 2.24 bits per heavy atom. The average molecular weight is 343 g/mol. The topological polar surface area (TPSA) is 74.5 Å². The lowest BCUT2D eigenvalue weighted by atomic mass is 10.1. The van der Waals surface area contributed by atoms with Crippen LogP contribution in [-0.2, 0) is 13.6 Å². The molecule has 0 radical (unpaired) electrons. The van der Waals surface area contributed by atoms with E-state index in [-0.39, 0.29) is 12.5 Å². The average Bonchev–Trinajstić information content (AvgIpc) is 3.28. The predicted molar refractivity (Wildman–Crippen MR) is 95.3 cm³/mol. The van der Waals surface area contributed by atoms with E-state index in [1.807, 2.05) is 36.9 Å². The molecule has 2 aromatic heterocycles. The van der Waals surface area contributed by atoms with Crippen LogP contribution in [0.2, 0.25) is 0 Å². The molecule has 0 spiro atoms. The molecule has 1 N–H and O–H groups in total. The lowest BCUT2D eigenvalue weighted by Crippen LogP contribution is -2.31. The summed E-state index contributed by atoms with van der Waals surface area (Å²) in [6.07, 6.45) is 6.23. The Labute approximate surface area is 147 Å². The first-order valence-electron chi connectivity index (χ1n) is 8.69. The van der Waals surface area contributed by atoms with E-state index < -0.39 is 0 Å². The van der Waals surface area contributed by atoms with E-state index in [2.05, 4.69) is 14.9 Å². The normalized spacial score (nSPS) is 17.1. The summed E-state index contributed by atoms with van der Waals surface area (Å²) >= 11 is 0. The number of hydrogen-bond acceptors (Lipinski definition) is 5. The van der Waals surface area contributed by atoms with E-state index in [1.165, 1.54) is 0 Å². The maximum Gasteiger partial charge on any atom is 0.255 e. The number of aliphatic hydroxyl groups excluding tert-OH is 1. The van der Waals surface area contributed by atoms with Gasteiger partial charge in [-0.05, 0) is 25.5 Å². The third-order valence-electron chi connectivity index (χ3n) is 4.79. The van der Waals surface area contributed by atoms with Crippen LogP contribution < -0.4 is 4.90 Å². The summed E-state index contributed by atoms with van der Waals surface area (Å²) < 4.78 is 1.92. The number of carbonyl (C=O) groups excluding carboxylic acids is 1. The summed E-state index contributed by atoms with van der Waals surface area (Å²) in [7, 11) is 1.92. The second-order valence-electron chi connectivity index (χ2n) is 6.46. The van der Waals surface area contributed by atoms with E-state index in [1.54, 1.807) is 17.3 Å². The summed E-state index contributed by atoms with van der Waals surface area (Å²) in [6, 6.07) is 3.72. The van der Waals surface area contributed by atoms with Crippen LogP contribution in [0, 0.1) is 5.92 Å². The Balaban J connectivity index is 1.68. The summed E-state index contributed by atoms with van der Waals surface area (Å²) in [5.74, 6) is 1.99. The van der Waals surface area contributed by atoms with Crippen molar-refractivity contribution >= 4 is 11.7 Å². The number of amides is 1. The summed E-state index contributed by atoms with van der Waals surface area (Å²) in [5.41, 5.74) is 0.581. The number of aliphatic hydroxyl groups is 1. The highest BCUT2D eigenvalue weighted by molar-refractivity contribution is 5.94. The molecule has 7 heteroatoms. The van der Waals surface area contributed by atoms with Gasteiger partial charge in [-0.15, -0.1) is 0 Å². The third kappa shape index (κ3) is 3.82. The fourth-order valence-corrected chi connectivity index (χ4v) is 3.12. The number of nitrogens with zero attached hydrogens (tertiary/aromatic N) is 5. The van der Waals surface area contributed by atoms with Crippen LogP contribution in [-0.4, -0.2) is 56.7 Å². The first-order valence-corrected chi connectivity index (χ1v) is 8.69. The number of rotatable bonds is 6. The van der Waals surface area contributed by atoms with Gasteiger partial charge >= 0.3 is 0 Å². The lowest BCUT2D eigenvalue weighted by Gasteiger charge is -2.21. The number of imidazole rings is 1. The molecule has 7 nitrogen and oxygen atoms in total. The molecule has 1 aliphatic rings. The van der Waals surface area contributed by atoms with Gasteiger partial charge in [0.05, 0.1) is 12.1 Å². The zero-order valence-corrected chi connectivity index (χ0v) is 14.8. The van der Waals surface area contributed by atoms with Crippen molar-refractivity contribution in [3.05, 3.63) is 42.1 Å². The molecular weight excluding hydrogens is 318 g/mol. The van der Waals surface area contributed by atoms with Crippen molar-refractivity contribution in [1.29, 1.82) is 0 Å². The van der Waals surface area contributed by atoms with E-state index >= 15 is 0 Å². The van der Waals surface area contributed by atoms with Gasteiger partial charge in [-0.2, -0.15) is 0 Å². The molecule has 1 amide bonds. The van der Waals surface area contributed by atoms with Crippen molar-refractivity contribution in [2.45, 2.75) is 19.9 Å². The van der Waals surface area contributed by atoms with Crippen LogP contribution >= 0.6 is 0 Å². The molecule has 0 aromatic carbocycles. The van der Waals surface area contributed by atoms with Crippen molar-refractivity contribution in [2.75, 3.05) is 31.1 Å². The van der Waals surface area contributed by atoms with Crippen molar-refractivity contribution in [3.8, 4) is 0 Å². The maximum absolute atomic E-state index is 12.7. The van der Waals surface area contributed by atoms with Gasteiger partial charge in [0.1, 0.15) is 11.6 Å². The molecule has 3 heterocycles. The molecule has 1 saturated heterocycles. The van der Waals surface area contributed by atoms with Gasteiger partial charge in [0.25, 0.3) is 5.91 Å². The van der Waals surface area contributed by atoms with Gasteiger partial charge in [-0.1, -0.05) is 0 Å². The Morgan fingerprint density at radius 1 is 1.40 bits per heavy atom. The molecule has 1 unspecified atom stereocenters. The Kier molecular flexibility index (Phi) is 5.33. The first kappa shape index (κ1) is 17.4. The molecule has 2 aromatic rings. The number of anilines is 1. The van der Waals surface area contributed by atoms with E-state index in [0.29, 0.717) is 24.6 Å². The van der Waals surface area contributed by atoms with Crippen LogP contribution in [0.1, 0.15) is 29.5 Å². The van der Waals surface area contributed by atoms with Crippen molar-refractivity contribution in [1.82, 2.24) is 19.4 Å². The van der Waals surface area contributed by atoms with Crippen LogP contribution in [0.25, 0.3) is 0 Å². The van der Waals surface area contributed by atoms with Crippen LogP contribution in [0.4, 0.5) is 5.82 Å². The molecule has 0 saturated carbocycles. The Hall–Kier alpha value is -2.41. The molecule has 1 atom stereocenters. The highest BCUT2D eigenvalue weighted by atomic mass is 16.3. The van der Waals surface area contributed by atoms with Gasteiger partial charge < -0.3 is 19.5 Å². The molecule has 25 heavy (non-hydrogen) atoms. The largest absolute Gasteiger partial charge is 0.396 e. The number of hydrogen-bond donors (Lipinski definition) is 1. The minimum atomic E-state index is -0.0424. The number of aromatic nitrogens is 3. The molecule has 1 aliphatic heterocycles. The van der Waals surface area contributed by atoms with E-state index in [9.17, 15) is 9.90 Å². The van der Waals surface area contributed by atoms with Gasteiger partial charge in [0.15, 0.2) is 0 Å². The van der Waals surface area contributed by atoms with Crippen LogP contribution in [0.3, 0.4) is 0 Å². The molecule has 0 bridgehead atoms. The molecular formula is C18H25N5O2. The molecule has 134 valence electrons. The Morgan fingerprint density at radius 3 is 2.80 bits per heavy atom. The molecule has 3 rings (SSSR count). The minimum absolute atomic E-state index is 0.0424. The summed E-state index contributed by atoms with van der Waals surface area (Å²) in [4.78, 5) is 25.4. The predicted octanol–water partition coefficient (Wildman–Crippen LogP) is 1.30. The Bertz CT molecular complexity index is 713. The van der Waals surface area contributed by atoms with Crippen molar-refractivity contribution in [3.63, 3.8) is 0 Å². The number of aryl methyl sites for hydroxylation is 1. The third-order valence-corrected chi connectivity index (χ3v) is 4.79. The monoisotopic (exact) mass is 343 g/mol.